The van der Waals surface area contributed by atoms with Gasteiger partial charge >= 0.3 is 5.97 Å². The number of carbonyl (C=O) groups is 2. The lowest BCUT2D eigenvalue weighted by Gasteiger charge is -2.28. The Morgan fingerprint density at radius 2 is 1.95 bits per heavy atom. The van der Waals surface area contributed by atoms with Crippen molar-refractivity contribution in [1.82, 2.24) is 4.90 Å². The van der Waals surface area contributed by atoms with Crippen LogP contribution in [0, 0.1) is 17.3 Å². The van der Waals surface area contributed by atoms with E-state index in [0.29, 0.717) is 18.9 Å². The predicted octanol–water partition coefficient (Wildman–Crippen LogP) is 2.01. The molecule has 2 unspecified atom stereocenters. The molecule has 0 aromatic heterocycles. The molecule has 116 valence electrons. The van der Waals surface area contributed by atoms with Gasteiger partial charge in [0.05, 0.1) is 6.61 Å². The minimum Gasteiger partial charge on any atom is -0.481 e. The fourth-order valence-corrected chi connectivity index (χ4v) is 3.18. The summed E-state index contributed by atoms with van der Waals surface area (Å²) in [7, 11) is 1.50. The van der Waals surface area contributed by atoms with E-state index >= 15 is 0 Å². The number of hydrogen-bond acceptors (Lipinski definition) is 3. The Bertz CT molecular complexity index is 354. The van der Waals surface area contributed by atoms with E-state index in [1.54, 1.807) is 4.90 Å². The van der Waals surface area contributed by atoms with Gasteiger partial charge < -0.3 is 14.7 Å². The van der Waals surface area contributed by atoms with Gasteiger partial charge in [-0.2, -0.15) is 0 Å². The molecule has 1 saturated heterocycles. The van der Waals surface area contributed by atoms with E-state index in [1.165, 1.54) is 7.11 Å². The largest absolute Gasteiger partial charge is 0.481 e. The van der Waals surface area contributed by atoms with Crippen molar-refractivity contribution in [1.29, 1.82) is 0 Å². The van der Waals surface area contributed by atoms with E-state index in [4.69, 9.17) is 4.74 Å². The van der Waals surface area contributed by atoms with Crippen molar-refractivity contribution < 1.29 is 19.4 Å². The number of carboxylic acids is 1. The summed E-state index contributed by atoms with van der Waals surface area (Å²) in [6.07, 6.45) is 2.41. The highest BCUT2D eigenvalue weighted by molar-refractivity contribution is 5.82. The molecule has 0 bridgehead atoms. The third-order valence-corrected chi connectivity index (χ3v) is 4.69. The smallest absolute Gasteiger partial charge is 0.313 e. The van der Waals surface area contributed by atoms with Gasteiger partial charge in [0, 0.05) is 26.1 Å². The molecule has 0 saturated carbocycles. The quantitative estimate of drug-likeness (QED) is 0.777. The third kappa shape index (κ3) is 3.32. The van der Waals surface area contributed by atoms with Crippen molar-refractivity contribution in [3.05, 3.63) is 0 Å². The molecule has 5 nitrogen and oxygen atoms in total. The highest BCUT2D eigenvalue weighted by Crippen LogP contribution is 2.33. The van der Waals surface area contributed by atoms with Crippen molar-refractivity contribution in [2.45, 2.75) is 40.0 Å². The molecule has 0 aromatic rings. The van der Waals surface area contributed by atoms with Crippen LogP contribution in [0.25, 0.3) is 0 Å². The minimum absolute atomic E-state index is 0.0443. The number of carboxylic acid groups (broad SMARTS) is 1. The van der Waals surface area contributed by atoms with E-state index in [-0.39, 0.29) is 25.0 Å². The second-order valence-electron chi connectivity index (χ2n) is 5.89. The maximum atomic E-state index is 12.5. The van der Waals surface area contributed by atoms with Gasteiger partial charge in [-0.3, -0.25) is 9.59 Å². The van der Waals surface area contributed by atoms with Crippen molar-refractivity contribution in [2.75, 3.05) is 26.8 Å². The second-order valence-corrected chi connectivity index (χ2v) is 5.89. The number of methoxy groups -OCH3 is 1. The molecule has 0 spiro atoms. The summed E-state index contributed by atoms with van der Waals surface area (Å²) in [5, 5.41) is 9.42. The monoisotopic (exact) mass is 285 g/mol. The second kappa shape index (κ2) is 7.07. The highest BCUT2D eigenvalue weighted by atomic mass is 16.5. The molecule has 1 aliphatic rings. The number of rotatable bonds is 7. The molecule has 5 heteroatoms. The molecule has 1 N–H and O–H groups in total. The summed E-state index contributed by atoms with van der Waals surface area (Å²) in [5.74, 6) is -0.468. The molecule has 20 heavy (non-hydrogen) atoms. The van der Waals surface area contributed by atoms with Gasteiger partial charge in [-0.05, 0) is 12.3 Å². The molecule has 1 fully saturated rings. The van der Waals surface area contributed by atoms with Crippen molar-refractivity contribution >= 4 is 11.9 Å². The summed E-state index contributed by atoms with van der Waals surface area (Å²) < 4.78 is 5.05. The molecule has 0 aliphatic carbocycles. The van der Waals surface area contributed by atoms with Gasteiger partial charge in [0.15, 0.2) is 0 Å². The Labute approximate surface area is 121 Å². The van der Waals surface area contributed by atoms with Crippen LogP contribution in [0.4, 0.5) is 0 Å². The van der Waals surface area contributed by atoms with Crippen LogP contribution in [0.1, 0.15) is 40.0 Å². The zero-order valence-electron chi connectivity index (χ0n) is 13.0. The van der Waals surface area contributed by atoms with Crippen LogP contribution in [0.5, 0.6) is 0 Å². The number of hydrogen-bond donors (Lipinski definition) is 1. The fraction of sp³-hybridized carbons (Fsp3) is 0.867. The first-order valence-corrected chi connectivity index (χ1v) is 7.43. The van der Waals surface area contributed by atoms with Crippen LogP contribution in [-0.2, 0) is 14.3 Å². The molecular weight excluding hydrogens is 258 g/mol. The maximum Gasteiger partial charge on any atom is 0.313 e. The van der Waals surface area contributed by atoms with Crippen LogP contribution in [0.2, 0.25) is 0 Å². The van der Waals surface area contributed by atoms with E-state index in [2.05, 4.69) is 13.8 Å². The van der Waals surface area contributed by atoms with Crippen molar-refractivity contribution in [3.63, 3.8) is 0 Å². The topological polar surface area (TPSA) is 66.8 Å². The molecular formula is C15H27NO4. The van der Waals surface area contributed by atoms with Gasteiger partial charge in [-0.1, -0.05) is 33.6 Å². The SMILES string of the molecule is CCC(CC)C(C)C(=O)N1CCC(COC)(C(=O)O)C1. The Morgan fingerprint density at radius 1 is 1.35 bits per heavy atom. The Morgan fingerprint density at radius 3 is 2.40 bits per heavy atom. The molecule has 1 amide bonds. The van der Waals surface area contributed by atoms with Crippen molar-refractivity contribution in [3.8, 4) is 0 Å². The maximum absolute atomic E-state index is 12.5. The summed E-state index contributed by atoms with van der Waals surface area (Å²) in [4.78, 5) is 25.7. The molecule has 0 aromatic carbocycles. The number of likely N-dealkylation sites (tertiary alicyclic amines) is 1. The summed E-state index contributed by atoms with van der Waals surface area (Å²) in [6, 6.07) is 0. The normalized spacial score (nSPS) is 24.1. The summed E-state index contributed by atoms with van der Waals surface area (Å²) >= 11 is 0. The van der Waals surface area contributed by atoms with E-state index < -0.39 is 11.4 Å². The minimum atomic E-state index is -0.932. The summed E-state index contributed by atoms with van der Waals surface area (Å²) in [5.41, 5.74) is -0.932. The Balaban J connectivity index is 2.75. The first kappa shape index (κ1) is 17.0. The number of aliphatic carboxylic acids is 1. The van der Waals surface area contributed by atoms with Crippen LogP contribution < -0.4 is 0 Å². The van der Waals surface area contributed by atoms with Gasteiger partial charge in [-0.25, -0.2) is 0 Å². The van der Waals surface area contributed by atoms with Crippen molar-refractivity contribution in [2.24, 2.45) is 17.3 Å². The van der Waals surface area contributed by atoms with E-state index in [0.717, 1.165) is 12.8 Å². The Hall–Kier alpha value is -1.10. The number of ether oxygens (including phenoxy) is 1. The number of carbonyl (C=O) groups excluding carboxylic acids is 1. The predicted molar refractivity (Wildman–Crippen MR) is 76.4 cm³/mol. The Kier molecular flexibility index (Phi) is 5.99. The molecule has 0 radical (unpaired) electrons. The third-order valence-electron chi connectivity index (χ3n) is 4.69. The van der Waals surface area contributed by atoms with Crippen LogP contribution in [0.15, 0.2) is 0 Å². The van der Waals surface area contributed by atoms with Gasteiger partial charge in [0.2, 0.25) is 5.91 Å². The first-order chi connectivity index (χ1) is 9.41. The highest BCUT2D eigenvalue weighted by Gasteiger charge is 2.47. The van der Waals surface area contributed by atoms with E-state index in [9.17, 15) is 14.7 Å². The van der Waals surface area contributed by atoms with Gasteiger partial charge in [0.25, 0.3) is 0 Å². The lowest BCUT2D eigenvalue weighted by atomic mass is 9.87. The van der Waals surface area contributed by atoms with Gasteiger partial charge in [0.1, 0.15) is 5.41 Å². The van der Waals surface area contributed by atoms with Crippen LogP contribution in [0.3, 0.4) is 0 Å². The average Bonchev–Trinajstić information content (AvgIpc) is 2.85. The molecule has 1 heterocycles. The van der Waals surface area contributed by atoms with Gasteiger partial charge in [-0.15, -0.1) is 0 Å². The standard InChI is InChI=1S/C15H27NO4/c1-5-12(6-2)11(3)13(17)16-8-7-15(9-16,10-20-4)14(18)19/h11-12H,5-10H2,1-4H3,(H,18,19). The number of nitrogens with zero attached hydrogens (tertiary/aromatic N) is 1. The molecule has 2 atom stereocenters. The number of amides is 1. The molecule has 1 aliphatic heterocycles. The lowest BCUT2D eigenvalue weighted by molar-refractivity contribution is -0.152. The van der Waals surface area contributed by atoms with Crippen LogP contribution in [-0.4, -0.2) is 48.7 Å². The van der Waals surface area contributed by atoms with E-state index in [1.807, 2.05) is 6.92 Å². The summed E-state index contributed by atoms with van der Waals surface area (Å²) in [6.45, 7) is 7.07. The fourth-order valence-electron chi connectivity index (χ4n) is 3.18. The lowest BCUT2D eigenvalue weighted by Crippen LogP contribution is -2.42. The van der Waals surface area contributed by atoms with Crippen LogP contribution >= 0.6 is 0 Å². The zero-order chi connectivity index (χ0) is 15.3. The average molecular weight is 285 g/mol. The first-order valence-electron chi connectivity index (χ1n) is 7.43. The zero-order valence-corrected chi connectivity index (χ0v) is 13.0. The molecule has 1 rings (SSSR count).